The van der Waals surface area contributed by atoms with Crippen LogP contribution in [0.1, 0.15) is 18.1 Å². The van der Waals surface area contributed by atoms with E-state index in [0.717, 1.165) is 12.0 Å². The number of fused-ring (bicyclic) bond motifs is 1. The van der Waals surface area contributed by atoms with E-state index in [9.17, 15) is 10.1 Å². The molecule has 0 radical (unpaired) electrons. The zero-order valence-corrected chi connectivity index (χ0v) is 9.52. The lowest BCUT2D eigenvalue weighted by Gasteiger charge is -2.22. The highest BCUT2D eigenvalue weighted by molar-refractivity contribution is 5.24. The monoisotopic (exact) mass is 245 g/mol. The molecule has 1 aromatic heterocycles. The van der Waals surface area contributed by atoms with E-state index in [0.29, 0.717) is 12.6 Å². The Morgan fingerprint density at radius 1 is 1.39 bits per heavy atom. The van der Waals surface area contributed by atoms with E-state index in [1.165, 1.54) is 6.20 Å². The van der Waals surface area contributed by atoms with Crippen molar-refractivity contribution >= 4 is 5.82 Å². The van der Waals surface area contributed by atoms with Crippen LogP contribution in [0.5, 0.6) is 6.01 Å². The molecule has 0 spiro atoms. The van der Waals surface area contributed by atoms with E-state index in [1.807, 2.05) is 30.3 Å². The summed E-state index contributed by atoms with van der Waals surface area (Å²) < 4.78 is 7.37. The van der Waals surface area contributed by atoms with Crippen LogP contribution in [0, 0.1) is 10.1 Å². The van der Waals surface area contributed by atoms with Crippen molar-refractivity contribution < 1.29 is 9.66 Å². The fourth-order valence-electron chi connectivity index (χ4n) is 2.07. The summed E-state index contributed by atoms with van der Waals surface area (Å²) in [6.07, 6.45) is 2.11. The van der Waals surface area contributed by atoms with Crippen molar-refractivity contribution in [2.75, 3.05) is 0 Å². The molecule has 0 fully saturated rings. The number of rotatable bonds is 2. The van der Waals surface area contributed by atoms with Crippen LogP contribution in [0.2, 0.25) is 0 Å². The molecule has 0 aliphatic carbocycles. The van der Waals surface area contributed by atoms with Gasteiger partial charge in [-0.1, -0.05) is 30.3 Å². The van der Waals surface area contributed by atoms with Gasteiger partial charge >= 0.3 is 11.8 Å². The number of ether oxygens (including phenoxy) is 1. The average Bonchev–Trinajstić information content (AvgIpc) is 2.82. The fourth-order valence-corrected chi connectivity index (χ4v) is 2.07. The third-order valence-electron chi connectivity index (χ3n) is 2.97. The number of hydrogen-bond acceptors (Lipinski definition) is 4. The summed E-state index contributed by atoms with van der Waals surface area (Å²) in [4.78, 5) is 14.0. The van der Waals surface area contributed by atoms with E-state index in [4.69, 9.17) is 4.74 Å². The highest BCUT2D eigenvalue weighted by atomic mass is 16.6. The van der Waals surface area contributed by atoms with Crippen molar-refractivity contribution in [3.05, 3.63) is 52.2 Å². The molecule has 0 amide bonds. The minimum Gasteiger partial charge on any atom is -0.438 e. The summed E-state index contributed by atoms with van der Waals surface area (Å²) in [5.41, 5.74) is 1.06. The zero-order valence-electron chi connectivity index (χ0n) is 9.52. The summed E-state index contributed by atoms with van der Waals surface area (Å²) in [5, 5.41) is 10.6. The van der Waals surface area contributed by atoms with Crippen molar-refractivity contribution in [1.29, 1.82) is 0 Å². The summed E-state index contributed by atoms with van der Waals surface area (Å²) in [7, 11) is 0. The van der Waals surface area contributed by atoms with Crippen LogP contribution in [0.25, 0.3) is 0 Å². The van der Waals surface area contributed by atoms with Crippen LogP contribution in [0.3, 0.4) is 0 Å². The Balaban J connectivity index is 1.87. The number of benzene rings is 1. The van der Waals surface area contributed by atoms with Gasteiger partial charge in [0, 0.05) is 17.9 Å². The van der Waals surface area contributed by atoms with Gasteiger partial charge in [-0.15, -0.1) is 0 Å². The van der Waals surface area contributed by atoms with Gasteiger partial charge < -0.3 is 14.9 Å². The maximum Gasteiger partial charge on any atom is 0.414 e. The van der Waals surface area contributed by atoms with Crippen LogP contribution in [0.4, 0.5) is 5.82 Å². The van der Waals surface area contributed by atoms with Gasteiger partial charge in [-0.3, -0.25) is 4.57 Å². The van der Waals surface area contributed by atoms with Crippen LogP contribution in [0.15, 0.2) is 36.5 Å². The van der Waals surface area contributed by atoms with Gasteiger partial charge in [0.05, 0.1) is 0 Å². The van der Waals surface area contributed by atoms with E-state index >= 15 is 0 Å². The Labute approximate surface area is 103 Å². The SMILES string of the molecule is O=[N+]([O-])c1cn2c(n1)O[C@@H](c1ccccc1)CC2. The first kappa shape index (κ1) is 10.8. The van der Waals surface area contributed by atoms with Crippen LogP contribution < -0.4 is 4.74 Å². The largest absolute Gasteiger partial charge is 0.438 e. The molecule has 0 saturated carbocycles. The zero-order chi connectivity index (χ0) is 12.5. The van der Waals surface area contributed by atoms with Crippen molar-refractivity contribution in [3.8, 4) is 6.01 Å². The summed E-state index contributed by atoms with van der Waals surface area (Å²) in [6, 6.07) is 10.1. The molecule has 1 aromatic carbocycles. The summed E-state index contributed by atoms with van der Waals surface area (Å²) in [6.45, 7) is 0.676. The number of aromatic nitrogens is 2. The Kier molecular flexibility index (Phi) is 2.47. The van der Waals surface area contributed by atoms with Crippen LogP contribution in [-0.2, 0) is 6.54 Å². The maximum absolute atomic E-state index is 10.6. The summed E-state index contributed by atoms with van der Waals surface area (Å²) in [5.74, 6) is -0.168. The van der Waals surface area contributed by atoms with Gasteiger partial charge in [0.1, 0.15) is 12.3 Å². The first-order chi connectivity index (χ1) is 8.74. The third-order valence-corrected chi connectivity index (χ3v) is 2.97. The highest BCUT2D eigenvalue weighted by Crippen LogP contribution is 2.31. The molecule has 6 heteroatoms. The van der Waals surface area contributed by atoms with Gasteiger partial charge in [-0.05, 0) is 10.5 Å². The van der Waals surface area contributed by atoms with Gasteiger partial charge in [0.2, 0.25) is 0 Å². The van der Waals surface area contributed by atoms with Gasteiger partial charge in [-0.2, -0.15) is 0 Å². The number of aryl methyl sites for hydroxylation is 1. The molecule has 1 aliphatic rings. The second-order valence-corrected chi connectivity index (χ2v) is 4.14. The molecule has 92 valence electrons. The molecule has 6 nitrogen and oxygen atoms in total. The minimum absolute atomic E-state index is 0.0827. The number of imidazole rings is 1. The lowest BCUT2D eigenvalue weighted by molar-refractivity contribution is -0.389. The Bertz CT molecular complexity index is 580. The van der Waals surface area contributed by atoms with Crippen molar-refractivity contribution in [1.82, 2.24) is 9.55 Å². The average molecular weight is 245 g/mol. The van der Waals surface area contributed by atoms with Crippen LogP contribution >= 0.6 is 0 Å². The number of nitrogens with zero attached hydrogens (tertiary/aromatic N) is 3. The van der Waals surface area contributed by atoms with E-state index in [2.05, 4.69) is 4.98 Å². The standard InChI is InChI=1S/C12H11N3O3/c16-15(17)11-8-14-7-6-10(18-12(14)13-11)9-4-2-1-3-5-9/h1-5,8,10H,6-7H2/t10-/m1/s1. The highest BCUT2D eigenvalue weighted by Gasteiger charge is 2.28. The molecule has 2 aromatic rings. The topological polar surface area (TPSA) is 70.2 Å². The number of nitro groups is 1. The van der Waals surface area contributed by atoms with E-state index in [1.54, 1.807) is 4.57 Å². The first-order valence-electron chi connectivity index (χ1n) is 5.67. The van der Waals surface area contributed by atoms with Gasteiger partial charge in [-0.25, -0.2) is 0 Å². The predicted molar refractivity (Wildman–Crippen MR) is 63.3 cm³/mol. The first-order valence-corrected chi connectivity index (χ1v) is 5.67. The van der Waals surface area contributed by atoms with Crippen LogP contribution in [-0.4, -0.2) is 14.5 Å². The Morgan fingerprint density at radius 2 is 2.17 bits per heavy atom. The molecule has 18 heavy (non-hydrogen) atoms. The molecule has 0 N–H and O–H groups in total. The van der Waals surface area contributed by atoms with E-state index in [-0.39, 0.29) is 11.9 Å². The molecular weight excluding hydrogens is 234 g/mol. The van der Waals surface area contributed by atoms with Gasteiger partial charge in [0.15, 0.2) is 0 Å². The predicted octanol–water partition coefficient (Wildman–Crippen LogP) is 2.32. The molecule has 1 atom stereocenters. The second-order valence-electron chi connectivity index (χ2n) is 4.14. The third kappa shape index (κ3) is 1.81. The molecular formula is C12H11N3O3. The second kappa shape index (κ2) is 4.14. The maximum atomic E-state index is 10.6. The Hall–Kier alpha value is -2.37. The number of hydrogen-bond donors (Lipinski definition) is 0. The molecule has 0 unspecified atom stereocenters. The molecule has 0 bridgehead atoms. The van der Waals surface area contributed by atoms with Crippen molar-refractivity contribution in [3.63, 3.8) is 0 Å². The van der Waals surface area contributed by atoms with E-state index < -0.39 is 4.92 Å². The lowest BCUT2D eigenvalue weighted by Crippen LogP contribution is -2.18. The quantitative estimate of drug-likeness (QED) is 0.601. The molecule has 0 saturated heterocycles. The Morgan fingerprint density at radius 3 is 2.89 bits per heavy atom. The molecule has 3 rings (SSSR count). The van der Waals surface area contributed by atoms with Crippen molar-refractivity contribution in [2.45, 2.75) is 19.1 Å². The van der Waals surface area contributed by atoms with Crippen molar-refractivity contribution in [2.24, 2.45) is 0 Å². The minimum atomic E-state index is -0.508. The van der Waals surface area contributed by atoms with Gasteiger partial charge in [0.25, 0.3) is 0 Å². The smallest absolute Gasteiger partial charge is 0.414 e. The summed E-state index contributed by atoms with van der Waals surface area (Å²) >= 11 is 0. The molecule has 1 aliphatic heterocycles. The lowest BCUT2D eigenvalue weighted by atomic mass is 10.1. The fraction of sp³-hybridized carbons (Fsp3) is 0.250. The molecule has 2 heterocycles. The normalized spacial score (nSPS) is 17.9.